The van der Waals surface area contributed by atoms with Crippen molar-refractivity contribution in [3.05, 3.63) is 35.1 Å². The molecule has 1 aromatic rings. The van der Waals surface area contributed by atoms with Gasteiger partial charge in [0, 0.05) is 5.56 Å². The van der Waals surface area contributed by atoms with Gasteiger partial charge in [0.1, 0.15) is 12.4 Å². The molecule has 5 heteroatoms. The van der Waals surface area contributed by atoms with Gasteiger partial charge in [-0.05, 0) is 30.4 Å². The van der Waals surface area contributed by atoms with E-state index in [2.05, 4.69) is 0 Å². The zero-order chi connectivity index (χ0) is 13.4. The van der Waals surface area contributed by atoms with Gasteiger partial charge in [-0.25, -0.2) is 4.39 Å². The minimum Gasteiger partial charge on any atom is -0.460 e. The first-order valence-corrected chi connectivity index (χ1v) is 6.74. The Bertz CT molecular complexity index is 457. The molecule has 1 rings (SSSR count). The number of benzene rings is 1. The van der Waals surface area contributed by atoms with E-state index in [0.29, 0.717) is 5.56 Å². The van der Waals surface area contributed by atoms with Crippen molar-refractivity contribution in [3.63, 3.8) is 0 Å². The minimum atomic E-state index is -0.469. The lowest BCUT2D eigenvalue weighted by Crippen LogP contribution is -2.08. The van der Waals surface area contributed by atoms with E-state index in [9.17, 15) is 9.18 Å². The Balaban J connectivity index is 2.48. The summed E-state index contributed by atoms with van der Waals surface area (Å²) in [5.41, 5.74) is 0.575. The van der Waals surface area contributed by atoms with E-state index in [0.717, 1.165) is 12.2 Å². The molecule has 18 heavy (non-hydrogen) atoms. The van der Waals surface area contributed by atoms with Gasteiger partial charge in [0.2, 0.25) is 0 Å². The minimum absolute atomic E-state index is 0.132. The van der Waals surface area contributed by atoms with E-state index >= 15 is 0 Å². The van der Waals surface area contributed by atoms with Crippen molar-refractivity contribution in [2.45, 2.75) is 20.0 Å². The van der Waals surface area contributed by atoms with Crippen LogP contribution in [-0.4, -0.2) is 17.5 Å². The molecule has 0 spiro atoms. The van der Waals surface area contributed by atoms with Crippen molar-refractivity contribution >= 4 is 17.7 Å². The maximum atomic E-state index is 13.4. The molecule has 96 valence electrons. The number of rotatable bonds is 6. The third-order valence-electron chi connectivity index (χ3n) is 2.13. The molecule has 0 aliphatic heterocycles. The second-order valence-electron chi connectivity index (χ2n) is 3.63. The van der Waals surface area contributed by atoms with Crippen LogP contribution in [0.2, 0.25) is 0 Å². The largest absolute Gasteiger partial charge is 0.460 e. The number of halogens is 1. The first-order valence-electron chi connectivity index (χ1n) is 5.59. The van der Waals surface area contributed by atoms with Crippen molar-refractivity contribution in [1.82, 2.24) is 0 Å². The third kappa shape index (κ3) is 4.76. The van der Waals surface area contributed by atoms with Gasteiger partial charge in [-0.3, -0.25) is 4.79 Å². The highest BCUT2D eigenvalue weighted by molar-refractivity contribution is 7.99. The molecule has 0 radical (unpaired) electrons. The van der Waals surface area contributed by atoms with E-state index in [1.807, 2.05) is 13.0 Å². The van der Waals surface area contributed by atoms with Crippen LogP contribution < -0.4 is 0 Å². The zero-order valence-electron chi connectivity index (χ0n) is 10.1. The van der Waals surface area contributed by atoms with Gasteiger partial charge >= 0.3 is 5.97 Å². The number of carbonyl (C=O) groups is 1. The van der Waals surface area contributed by atoms with Gasteiger partial charge < -0.3 is 4.74 Å². The number of carbonyl (C=O) groups excluding carboxylic acids is 1. The fraction of sp³-hybridized carbons (Fsp3) is 0.385. The molecule has 0 aromatic heterocycles. The second kappa shape index (κ2) is 7.72. The van der Waals surface area contributed by atoms with E-state index in [-0.39, 0.29) is 23.9 Å². The molecular formula is C13H14FNO2S. The average molecular weight is 267 g/mol. The molecule has 0 bridgehead atoms. The molecular weight excluding hydrogens is 253 g/mol. The lowest BCUT2D eigenvalue weighted by atomic mass is 10.1. The van der Waals surface area contributed by atoms with Crippen molar-refractivity contribution in [2.75, 3.05) is 11.5 Å². The van der Waals surface area contributed by atoms with Crippen molar-refractivity contribution in [3.8, 4) is 6.07 Å². The first-order chi connectivity index (χ1) is 8.67. The van der Waals surface area contributed by atoms with Gasteiger partial charge in [-0.2, -0.15) is 17.0 Å². The fourth-order valence-corrected chi connectivity index (χ4v) is 1.94. The monoisotopic (exact) mass is 267 g/mol. The van der Waals surface area contributed by atoms with Crippen LogP contribution in [-0.2, 0) is 16.1 Å². The summed E-state index contributed by atoms with van der Waals surface area (Å²) in [6.07, 6.45) is 0.997. The summed E-state index contributed by atoms with van der Waals surface area (Å²) < 4.78 is 18.3. The fourth-order valence-electron chi connectivity index (χ4n) is 1.25. The molecule has 1 aromatic carbocycles. The lowest BCUT2D eigenvalue weighted by molar-refractivity contribution is -0.141. The van der Waals surface area contributed by atoms with Gasteiger partial charge in [0.15, 0.2) is 0 Å². The summed E-state index contributed by atoms with van der Waals surface area (Å²) in [6, 6.07) is 5.89. The quantitative estimate of drug-likeness (QED) is 0.587. The van der Waals surface area contributed by atoms with E-state index in [4.69, 9.17) is 10.00 Å². The number of thioether (sulfide) groups is 1. The molecule has 0 fully saturated rings. The molecule has 0 aliphatic carbocycles. The SMILES string of the molecule is CCCSCC(=O)OCc1cc(C#N)ccc1F. The van der Waals surface area contributed by atoms with Gasteiger partial charge in [0.05, 0.1) is 17.4 Å². The third-order valence-corrected chi connectivity index (χ3v) is 3.27. The van der Waals surface area contributed by atoms with Crippen LogP contribution >= 0.6 is 11.8 Å². The summed E-state index contributed by atoms with van der Waals surface area (Å²) in [7, 11) is 0. The molecule has 0 atom stereocenters. The maximum absolute atomic E-state index is 13.4. The van der Waals surface area contributed by atoms with Crippen molar-refractivity contribution in [1.29, 1.82) is 5.26 Å². The van der Waals surface area contributed by atoms with Crippen LogP contribution in [0.25, 0.3) is 0 Å². The van der Waals surface area contributed by atoms with E-state index < -0.39 is 5.82 Å². The average Bonchev–Trinajstić information content (AvgIpc) is 2.38. The molecule has 0 amide bonds. The van der Waals surface area contributed by atoms with E-state index in [1.165, 1.54) is 30.0 Å². The molecule has 0 heterocycles. The number of nitriles is 1. The molecule has 0 aliphatic rings. The van der Waals surface area contributed by atoms with Gasteiger partial charge in [0.25, 0.3) is 0 Å². The van der Waals surface area contributed by atoms with Gasteiger partial charge in [-0.1, -0.05) is 6.92 Å². The van der Waals surface area contributed by atoms with Crippen LogP contribution in [0.5, 0.6) is 0 Å². The Morgan fingerprint density at radius 1 is 1.56 bits per heavy atom. The highest BCUT2D eigenvalue weighted by atomic mass is 32.2. The number of hydrogen-bond donors (Lipinski definition) is 0. The molecule has 0 N–H and O–H groups in total. The molecule has 0 saturated heterocycles. The van der Waals surface area contributed by atoms with Crippen LogP contribution in [0.1, 0.15) is 24.5 Å². The van der Waals surface area contributed by atoms with Crippen molar-refractivity contribution < 1.29 is 13.9 Å². The molecule has 0 unspecified atom stereocenters. The summed E-state index contributed by atoms with van der Waals surface area (Å²) in [5, 5.41) is 8.69. The van der Waals surface area contributed by atoms with Crippen LogP contribution in [0, 0.1) is 17.1 Å². The number of hydrogen-bond acceptors (Lipinski definition) is 4. The predicted octanol–water partition coefficient (Wildman–Crippen LogP) is 2.88. The summed E-state index contributed by atoms with van der Waals surface area (Å²) in [6.45, 7) is 1.90. The number of ether oxygens (including phenoxy) is 1. The maximum Gasteiger partial charge on any atom is 0.316 e. The number of esters is 1. The molecule has 0 saturated carbocycles. The summed E-state index contributed by atoms with van der Waals surface area (Å²) in [5.74, 6) is 0.332. The standard InChI is InChI=1S/C13H14FNO2S/c1-2-5-18-9-13(16)17-8-11-6-10(7-15)3-4-12(11)14/h3-4,6H,2,5,8-9H2,1H3. The zero-order valence-corrected chi connectivity index (χ0v) is 10.9. The van der Waals surface area contributed by atoms with Crippen LogP contribution in [0.3, 0.4) is 0 Å². The Hall–Kier alpha value is -1.54. The van der Waals surface area contributed by atoms with E-state index in [1.54, 1.807) is 0 Å². The van der Waals surface area contributed by atoms with Crippen LogP contribution in [0.15, 0.2) is 18.2 Å². The normalized spacial score (nSPS) is 9.83. The predicted molar refractivity (Wildman–Crippen MR) is 68.5 cm³/mol. The van der Waals surface area contributed by atoms with Gasteiger partial charge in [-0.15, -0.1) is 0 Å². The highest BCUT2D eigenvalue weighted by Gasteiger charge is 2.07. The smallest absolute Gasteiger partial charge is 0.316 e. The Morgan fingerprint density at radius 2 is 2.33 bits per heavy atom. The van der Waals surface area contributed by atoms with Crippen molar-refractivity contribution in [2.24, 2.45) is 0 Å². The topological polar surface area (TPSA) is 50.1 Å². The Labute approximate surface area is 110 Å². The first kappa shape index (κ1) is 14.5. The Morgan fingerprint density at radius 3 is 3.00 bits per heavy atom. The summed E-state index contributed by atoms with van der Waals surface area (Å²) >= 11 is 1.49. The lowest BCUT2D eigenvalue weighted by Gasteiger charge is -2.06. The number of nitrogens with zero attached hydrogens (tertiary/aromatic N) is 1. The summed E-state index contributed by atoms with van der Waals surface area (Å²) in [4.78, 5) is 11.3. The van der Waals surface area contributed by atoms with Crippen LogP contribution in [0.4, 0.5) is 4.39 Å². The highest BCUT2D eigenvalue weighted by Crippen LogP contribution is 2.12. The Kier molecular flexibility index (Phi) is 6.23. The second-order valence-corrected chi connectivity index (χ2v) is 4.74. The molecule has 3 nitrogen and oxygen atoms in total.